The normalized spacial score (nSPS) is 20.9. The lowest BCUT2D eigenvalue weighted by Crippen LogP contribution is -2.50. The molecule has 1 amide bonds. The molecule has 1 saturated heterocycles. The number of amides is 1. The Morgan fingerprint density at radius 3 is 2.78 bits per heavy atom. The van der Waals surface area contributed by atoms with Crippen molar-refractivity contribution in [2.24, 2.45) is 0 Å². The summed E-state index contributed by atoms with van der Waals surface area (Å²) >= 11 is 0. The van der Waals surface area contributed by atoms with Crippen LogP contribution in [0.2, 0.25) is 19.1 Å². The number of hydrogen-bond donors (Lipinski definition) is 1. The number of rotatable bonds is 1. The molecule has 116 valence electrons. The summed E-state index contributed by atoms with van der Waals surface area (Å²) in [6.07, 6.45) is 1.79. The van der Waals surface area contributed by atoms with Crippen LogP contribution in [0.3, 0.4) is 0 Å². The molecule has 1 aliphatic heterocycles. The molecule has 3 aromatic rings. The van der Waals surface area contributed by atoms with Crippen molar-refractivity contribution in [3.05, 3.63) is 54.5 Å². The summed E-state index contributed by atoms with van der Waals surface area (Å²) in [5.41, 5.74) is 1.95. The number of nitrogens with one attached hydrogen (secondary N) is 1. The number of benzene rings is 1. The van der Waals surface area contributed by atoms with Crippen molar-refractivity contribution in [1.29, 1.82) is 0 Å². The number of aromatic nitrogens is 2. The Balaban J connectivity index is 2.00. The molecule has 1 atom stereocenters. The predicted molar refractivity (Wildman–Crippen MR) is 95.8 cm³/mol. The van der Waals surface area contributed by atoms with E-state index >= 15 is 0 Å². The van der Waals surface area contributed by atoms with Gasteiger partial charge in [-0.2, -0.15) is 0 Å². The van der Waals surface area contributed by atoms with Gasteiger partial charge in [0.25, 0.3) is 0 Å². The van der Waals surface area contributed by atoms with Crippen molar-refractivity contribution in [1.82, 2.24) is 14.9 Å². The average molecular weight is 321 g/mol. The molecule has 0 aliphatic carbocycles. The molecule has 0 spiro atoms. The summed E-state index contributed by atoms with van der Waals surface area (Å²) in [5, 5.41) is 6.18. The van der Waals surface area contributed by atoms with E-state index in [1.165, 1.54) is 0 Å². The van der Waals surface area contributed by atoms with Crippen molar-refractivity contribution in [3.63, 3.8) is 0 Å². The zero-order valence-corrected chi connectivity index (χ0v) is 14.3. The number of carbonyl (C=O) groups is 1. The minimum absolute atomic E-state index is 0.0233. The van der Waals surface area contributed by atoms with Gasteiger partial charge in [-0.1, -0.05) is 37.9 Å². The number of nitrogens with zero attached hydrogens (tertiary/aromatic N) is 2. The lowest BCUT2D eigenvalue weighted by atomic mass is 10.2. The van der Waals surface area contributed by atoms with Crippen LogP contribution in [-0.4, -0.2) is 23.5 Å². The molecule has 2 aromatic heterocycles. The maximum absolute atomic E-state index is 12.7. The highest BCUT2D eigenvalue weighted by atomic mass is 28.3. The summed E-state index contributed by atoms with van der Waals surface area (Å²) in [6.45, 7) is 8.57. The van der Waals surface area contributed by atoms with Crippen LogP contribution in [-0.2, 0) is 4.79 Å². The third-order valence-electron chi connectivity index (χ3n) is 4.88. The molecule has 0 bridgehead atoms. The van der Waals surface area contributed by atoms with Crippen molar-refractivity contribution in [3.8, 4) is 0 Å². The molecule has 3 heterocycles. The van der Waals surface area contributed by atoms with Gasteiger partial charge in [0, 0.05) is 17.0 Å². The van der Waals surface area contributed by atoms with E-state index in [0.717, 1.165) is 33.3 Å². The van der Waals surface area contributed by atoms with E-state index in [4.69, 9.17) is 0 Å². The molecule has 1 N–H and O–H groups in total. The monoisotopic (exact) mass is 321 g/mol. The lowest BCUT2D eigenvalue weighted by Gasteiger charge is -2.36. The second-order valence-corrected chi connectivity index (χ2v) is 11.6. The van der Waals surface area contributed by atoms with Crippen molar-refractivity contribution >= 4 is 35.9 Å². The quantitative estimate of drug-likeness (QED) is 0.696. The van der Waals surface area contributed by atoms with E-state index in [9.17, 15) is 4.79 Å². The zero-order chi connectivity index (χ0) is 16.2. The summed E-state index contributed by atoms with van der Waals surface area (Å²) < 4.78 is 2.11. The highest BCUT2D eigenvalue weighted by molar-refractivity contribution is 6.85. The fourth-order valence-electron chi connectivity index (χ4n) is 3.45. The van der Waals surface area contributed by atoms with Gasteiger partial charge in [0.1, 0.15) is 19.8 Å². The van der Waals surface area contributed by atoms with Crippen LogP contribution in [0, 0.1) is 0 Å². The first-order valence-electron chi connectivity index (χ1n) is 7.83. The number of hydrogen-bond acceptors (Lipinski definition) is 2. The minimum atomic E-state index is -1.70. The van der Waals surface area contributed by atoms with Gasteiger partial charge in [0.05, 0.1) is 5.52 Å². The largest absolute Gasteiger partial charge is 0.333 e. The molecule has 23 heavy (non-hydrogen) atoms. The van der Waals surface area contributed by atoms with E-state index in [2.05, 4.69) is 52.7 Å². The summed E-state index contributed by atoms with van der Waals surface area (Å²) in [6, 6.07) is 12.9. The number of para-hydroxylation sites is 1. The first-order valence-corrected chi connectivity index (χ1v) is 11.0. The van der Waals surface area contributed by atoms with E-state index in [1.807, 2.05) is 18.2 Å². The van der Waals surface area contributed by atoms with Crippen LogP contribution in [0.25, 0.3) is 21.9 Å². The molecule has 1 aliphatic rings. The number of carbonyl (C=O) groups excluding carboxylic acids is 1. The Morgan fingerprint density at radius 2 is 1.96 bits per heavy atom. The van der Waals surface area contributed by atoms with Crippen molar-refractivity contribution in [2.75, 3.05) is 0 Å². The molecule has 4 rings (SSSR count). The molecule has 0 radical (unpaired) electrons. The van der Waals surface area contributed by atoms with Gasteiger partial charge < -0.3 is 9.88 Å². The molecule has 0 saturated carbocycles. The molecule has 1 fully saturated rings. The third kappa shape index (κ3) is 2.04. The highest BCUT2D eigenvalue weighted by Gasteiger charge is 2.40. The average Bonchev–Trinajstić information content (AvgIpc) is 2.86. The number of fused-ring (bicyclic) bond motifs is 3. The first kappa shape index (κ1) is 14.2. The highest BCUT2D eigenvalue weighted by Crippen LogP contribution is 2.37. The Kier molecular flexibility index (Phi) is 2.96. The molecule has 1 unspecified atom stereocenters. The van der Waals surface area contributed by atoms with E-state index < -0.39 is 8.07 Å². The first-order chi connectivity index (χ1) is 11.0. The third-order valence-corrected chi connectivity index (χ3v) is 8.04. The van der Waals surface area contributed by atoms with E-state index in [-0.39, 0.29) is 11.9 Å². The van der Waals surface area contributed by atoms with Gasteiger partial charge in [-0.3, -0.25) is 4.79 Å². The maximum Gasteiger partial charge on any atom is 0.246 e. The standard InChI is InChI=1S/C18H19N3OSi/c1-12-20-18(22)16(11-23(12,2)3)21-15-9-5-4-7-13(15)14-8-6-10-19-17(14)21/h4-10,16H,1,11H2,2-3H3,(H,20,22). The van der Waals surface area contributed by atoms with E-state index in [1.54, 1.807) is 6.20 Å². The van der Waals surface area contributed by atoms with Gasteiger partial charge >= 0.3 is 0 Å². The second-order valence-electron chi connectivity index (χ2n) is 6.83. The molecular weight excluding hydrogens is 302 g/mol. The van der Waals surface area contributed by atoms with Gasteiger partial charge in [-0.15, -0.1) is 0 Å². The summed E-state index contributed by atoms with van der Waals surface area (Å²) in [4.78, 5) is 17.3. The van der Waals surface area contributed by atoms with Crippen molar-refractivity contribution < 1.29 is 4.79 Å². The Hall–Kier alpha value is -2.40. The number of pyridine rings is 1. The smallest absolute Gasteiger partial charge is 0.246 e. The molecule has 5 heteroatoms. The fraction of sp³-hybridized carbons (Fsp3) is 0.222. The van der Waals surface area contributed by atoms with Crippen molar-refractivity contribution in [2.45, 2.75) is 25.2 Å². The SMILES string of the molecule is C=C1NC(=O)C(n2c3ccccc3c3cccnc32)C[Si]1(C)C. The molecule has 4 nitrogen and oxygen atoms in total. The summed E-state index contributed by atoms with van der Waals surface area (Å²) in [7, 11) is -1.70. The zero-order valence-electron chi connectivity index (χ0n) is 13.3. The van der Waals surface area contributed by atoms with Gasteiger partial charge in [0.15, 0.2) is 0 Å². The van der Waals surface area contributed by atoms with Gasteiger partial charge in [0.2, 0.25) is 5.91 Å². The predicted octanol–water partition coefficient (Wildman–Crippen LogP) is 3.62. The minimum Gasteiger partial charge on any atom is -0.333 e. The maximum atomic E-state index is 12.7. The summed E-state index contributed by atoms with van der Waals surface area (Å²) in [5.74, 6) is 0.0233. The molecular formula is C18H19N3OSi. The van der Waals surface area contributed by atoms with Gasteiger partial charge in [-0.25, -0.2) is 4.98 Å². The van der Waals surface area contributed by atoms with Crippen LogP contribution in [0.1, 0.15) is 6.04 Å². The fourth-order valence-corrected chi connectivity index (χ4v) is 5.49. The Morgan fingerprint density at radius 1 is 1.22 bits per heavy atom. The van der Waals surface area contributed by atoms with Crippen LogP contribution in [0.4, 0.5) is 0 Å². The van der Waals surface area contributed by atoms with Crippen LogP contribution >= 0.6 is 0 Å². The van der Waals surface area contributed by atoms with Crippen LogP contribution < -0.4 is 5.32 Å². The Bertz CT molecular complexity index is 904. The Labute approximate surface area is 135 Å². The van der Waals surface area contributed by atoms with Crippen LogP contribution in [0.15, 0.2) is 54.5 Å². The van der Waals surface area contributed by atoms with Crippen LogP contribution in [0.5, 0.6) is 0 Å². The molecule has 1 aromatic carbocycles. The van der Waals surface area contributed by atoms with Gasteiger partial charge in [-0.05, 0) is 29.6 Å². The second kappa shape index (κ2) is 4.79. The van der Waals surface area contributed by atoms with E-state index in [0.29, 0.717) is 0 Å². The lowest BCUT2D eigenvalue weighted by molar-refractivity contribution is -0.123. The topological polar surface area (TPSA) is 46.9 Å².